The molecule has 0 saturated carbocycles. The third kappa shape index (κ3) is 5.32. The number of primary sulfonamides is 1. The van der Waals surface area contributed by atoms with Crippen molar-refractivity contribution < 1.29 is 17.9 Å². The van der Waals surface area contributed by atoms with Crippen molar-refractivity contribution >= 4 is 44.6 Å². The van der Waals surface area contributed by atoms with Crippen molar-refractivity contribution in [1.29, 1.82) is 0 Å². The second-order valence-corrected chi connectivity index (χ2v) is 9.19. The normalized spacial score (nSPS) is 11.7. The molecule has 0 aliphatic rings. The van der Waals surface area contributed by atoms with Gasteiger partial charge in [-0.3, -0.25) is 0 Å². The maximum atomic E-state index is 11.8. The number of nitrogen functional groups attached to an aromatic ring is 1. The Morgan fingerprint density at radius 1 is 1.26 bits per heavy atom. The molecule has 4 N–H and O–H groups in total. The summed E-state index contributed by atoms with van der Waals surface area (Å²) >= 11 is 1.31. The maximum Gasteiger partial charge on any atom is 0.343 e. The summed E-state index contributed by atoms with van der Waals surface area (Å²) in [6.45, 7) is 4.77. The average molecular weight is 465 g/mol. The van der Waals surface area contributed by atoms with Gasteiger partial charge in [0.2, 0.25) is 10.0 Å². The molecule has 0 aliphatic heterocycles. The number of aromatic nitrogens is 4. The molecule has 0 fully saturated rings. The average Bonchev–Trinajstić information content (AvgIpc) is 3.06. The summed E-state index contributed by atoms with van der Waals surface area (Å²) in [5.41, 5.74) is 7.38. The second-order valence-electron chi connectivity index (χ2n) is 6.69. The number of aryl methyl sites for hydroxylation is 1. The van der Waals surface area contributed by atoms with Gasteiger partial charge in [0.1, 0.15) is 17.2 Å². The van der Waals surface area contributed by atoms with E-state index < -0.39 is 16.0 Å². The molecule has 0 radical (unpaired) electrons. The highest BCUT2D eigenvalue weighted by atomic mass is 32.2. The highest BCUT2D eigenvalue weighted by molar-refractivity contribution is 7.98. The molecule has 0 atom stereocenters. The molecule has 0 aliphatic carbocycles. The van der Waals surface area contributed by atoms with Gasteiger partial charge >= 0.3 is 5.97 Å². The lowest BCUT2D eigenvalue weighted by molar-refractivity contribution is 0.0526. The summed E-state index contributed by atoms with van der Waals surface area (Å²) in [5.74, 6) is 0.662. The van der Waals surface area contributed by atoms with Gasteiger partial charge in [0.25, 0.3) is 0 Å². The number of rotatable bonds is 9. The number of esters is 1. The summed E-state index contributed by atoms with van der Waals surface area (Å²) in [6, 6.07) is 4.68. The first-order valence-corrected chi connectivity index (χ1v) is 12.2. The van der Waals surface area contributed by atoms with E-state index in [9.17, 15) is 13.2 Å². The lowest BCUT2D eigenvalue weighted by Gasteiger charge is -2.09. The van der Waals surface area contributed by atoms with E-state index in [4.69, 9.17) is 15.6 Å². The minimum Gasteiger partial charge on any atom is -0.462 e. The third-order valence-corrected chi connectivity index (χ3v) is 6.25. The number of fused-ring (bicyclic) bond motifs is 1. The molecule has 10 nitrogen and oxygen atoms in total. The fourth-order valence-corrected chi connectivity index (χ4v) is 4.26. The van der Waals surface area contributed by atoms with Crippen molar-refractivity contribution in [2.45, 2.75) is 49.0 Å². The van der Waals surface area contributed by atoms with Crippen LogP contribution in [0.3, 0.4) is 0 Å². The van der Waals surface area contributed by atoms with Gasteiger partial charge in [0.15, 0.2) is 5.16 Å². The van der Waals surface area contributed by atoms with Gasteiger partial charge in [0.05, 0.1) is 28.3 Å². The molecule has 0 saturated heterocycles. The molecule has 166 valence electrons. The van der Waals surface area contributed by atoms with Crippen LogP contribution >= 0.6 is 11.8 Å². The monoisotopic (exact) mass is 464 g/mol. The van der Waals surface area contributed by atoms with Gasteiger partial charge in [-0.15, -0.1) is 0 Å². The fourth-order valence-electron chi connectivity index (χ4n) is 2.96. The maximum absolute atomic E-state index is 11.8. The lowest BCUT2D eigenvalue weighted by atomic mass is 10.3. The molecule has 1 aromatic carbocycles. The number of nitrogens with zero attached hydrogens (tertiary/aromatic N) is 4. The number of hydrogen-bond donors (Lipinski definition) is 2. The van der Waals surface area contributed by atoms with E-state index in [0.717, 1.165) is 30.7 Å². The zero-order valence-corrected chi connectivity index (χ0v) is 18.9. The molecule has 2 heterocycles. The number of benzene rings is 1. The molecule has 0 bridgehead atoms. The molecule has 31 heavy (non-hydrogen) atoms. The number of thioether (sulfide) groups is 1. The second kappa shape index (κ2) is 9.62. The van der Waals surface area contributed by atoms with Crippen molar-refractivity contribution in [3.05, 3.63) is 35.8 Å². The Kier molecular flexibility index (Phi) is 7.13. The Bertz CT molecular complexity index is 1210. The fraction of sp³-hybridized carbons (Fsp3) is 0.368. The van der Waals surface area contributed by atoms with Crippen LogP contribution in [0.15, 0.2) is 34.4 Å². The topological polar surface area (TPSA) is 156 Å². The Hall–Kier alpha value is -2.70. The van der Waals surface area contributed by atoms with Crippen LogP contribution in [0.2, 0.25) is 0 Å². The number of nitrogens with two attached hydrogens (primary N) is 2. The summed E-state index contributed by atoms with van der Waals surface area (Å²) < 4.78 is 30.3. The Balaban J connectivity index is 1.88. The predicted octanol–water partition coefficient (Wildman–Crippen LogP) is 2.33. The molecule has 0 unspecified atom stereocenters. The van der Waals surface area contributed by atoms with Crippen LogP contribution in [0.5, 0.6) is 0 Å². The molecule has 3 rings (SSSR count). The summed E-state index contributed by atoms with van der Waals surface area (Å²) in [4.78, 5) is 24.8. The van der Waals surface area contributed by atoms with Gasteiger partial charge in [-0.05, 0) is 31.5 Å². The van der Waals surface area contributed by atoms with E-state index in [2.05, 4.69) is 26.4 Å². The van der Waals surface area contributed by atoms with E-state index in [1.165, 1.54) is 30.1 Å². The zero-order valence-electron chi connectivity index (χ0n) is 17.2. The first-order valence-electron chi connectivity index (χ1n) is 9.69. The Morgan fingerprint density at radius 3 is 2.68 bits per heavy atom. The molecule has 3 aromatic rings. The number of sulfonamides is 1. The van der Waals surface area contributed by atoms with Crippen LogP contribution in [-0.2, 0) is 27.1 Å². The van der Waals surface area contributed by atoms with Gasteiger partial charge in [-0.1, -0.05) is 25.1 Å². The first kappa shape index (κ1) is 23.0. The van der Waals surface area contributed by atoms with Crippen molar-refractivity contribution in [3.8, 4) is 0 Å². The Labute approximate surface area is 184 Å². The SMILES string of the molecule is CCCCn1c(CSc2ncc(C(=O)OCC)c(N)n2)nc2cc(S(N)(=O)=O)ccc21. The van der Waals surface area contributed by atoms with Gasteiger partial charge in [-0.2, -0.15) is 0 Å². The largest absolute Gasteiger partial charge is 0.462 e. The molecule has 12 heteroatoms. The van der Waals surface area contributed by atoms with E-state index in [1.54, 1.807) is 13.0 Å². The van der Waals surface area contributed by atoms with Crippen LogP contribution < -0.4 is 10.9 Å². The number of imidazole rings is 1. The van der Waals surface area contributed by atoms with Crippen molar-refractivity contribution in [2.75, 3.05) is 12.3 Å². The van der Waals surface area contributed by atoms with Crippen LogP contribution in [0.4, 0.5) is 5.82 Å². The highest BCUT2D eigenvalue weighted by Crippen LogP contribution is 2.26. The minimum atomic E-state index is -3.82. The van der Waals surface area contributed by atoms with E-state index in [1.807, 2.05) is 0 Å². The minimum absolute atomic E-state index is 0.0185. The van der Waals surface area contributed by atoms with Crippen LogP contribution in [0.25, 0.3) is 11.0 Å². The molecule has 0 spiro atoms. The molecular weight excluding hydrogens is 440 g/mol. The quantitative estimate of drug-likeness (QED) is 0.275. The van der Waals surface area contributed by atoms with E-state index >= 15 is 0 Å². The Morgan fingerprint density at radius 2 is 2.03 bits per heavy atom. The van der Waals surface area contributed by atoms with Crippen molar-refractivity contribution in [3.63, 3.8) is 0 Å². The van der Waals surface area contributed by atoms with E-state index in [0.29, 0.717) is 16.4 Å². The summed E-state index contributed by atoms with van der Waals surface area (Å²) in [7, 11) is -3.82. The zero-order chi connectivity index (χ0) is 22.6. The summed E-state index contributed by atoms with van der Waals surface area (Å²) in [5, 5.41) is 5.64. The van der Waals surface area contributed by atoms with Crippen LogP contribution in [-0.4, -0.2) is 40.5 Å². The van der Waals surface area contributed by atoms with Crippen LogP contribution in [0, 0.1) is 0 Å². The number of hydrogen-bond acceptors (Lipinski definition) is 9. The molecule has 2 aromatic heterocycles. The van der Waals surface area contributed by atoms with Crippen molar-refractivity contribution in [1.82, 2.24) is 19.5 Å². The number of anilines is 1. The predicted molar refractivity (Wildman–Crippen MR) is 118 cm³/mol. The van der Waals surface area contributed by atoms with Crippen LogP contribution in [0.1, 0.15) is 42.9 Å². The number of carbonyl (C=O) groups excluding carboxylic acids is 1. The molecule has 0 amide bonds. The first-order chi connectivity index (χ1) is 14.7. The molecular formula is C19H24N6O4S2. The van der Waals surface area contributed by atoms with E-state index in [-0.39, 0.29) is 22.9 Å². The number of carbonyl (C=O) groups is 1. The van der Waals surface area contributed by atoms with Gasteiger partial charge in [0, 0.05) is 12.7 Å². The van der Waals surface area contributed by atoms with Crippen molar-refractivity contribution in [2.24, 2.45) is 5.14 Å². The highest BCUT2D eigenvalue weighted by Gasteiger charge is 2.17. The smallest absolute Gasteiger partial charge is 0.343 e. The number of unbranched alkanes of at least 4 members (excludes halogenated alkanes) is 1. The standard InChI is InChI=1S/C19H24N6O4S2/c1-3-5-8-25-15-7-6-12(31(21,27)28)9-14(15)23-16(25)11-30-19-22-10-13(17(20)24-19)18(26)29-4-2/h6-7,9-10H,3-5,8,11H2,1-2H3,(H2,20,22,24)(H2,21,27,28). The lowest BCUT2D eigenvalue weighted by Crippen LogP contribution is -2.11. The van der Waals surface area contributed by atoms with Gasteiger partial charge in [-0.25, -0.2) is 33.3 Å². The van der Waals surface area contributed by atoms with Gasteiger partial charge < -0.3 is 15.0 Å². The summed E-state index contributed by atoms with van der Waals surface area (Å²) in [6.07, 6.45) is 3.29. The third-order valence-electron chi connectivity index (χ3n) is 4.48. The number of ether oxygens (including phenoxy) is 1.